The predicted octanol–water partition coefficient (Wildman–Crippen LogP) is 2.43. The topological polar surface area (TPSA) is 34.1 Å². The molecule has 2 unspecified atom stereocenters. The Bertz CT molecular complexity index is 513. The van der Waals surface area contributed by atoms with Crippen LogP contribution >= 0.6 is 0 Å². The molecule has 0 aromatic heterocycles. The third kappa shape index (κ3) is 1.55. The fraction of sp³-hybridized carbons (Fsp3) is 0.333. The number of hydrogen-bond acceptors (Lipinski definition) is 2. The highest BCUT2D eigenvalue weighted by atomic mass is 16.1. The highest BCUT2D eigenvalue weighted by Gasteiger charge is 2.39. The van der Waals surface area contributed by atoms with Crippen LogP contribution in [0.2, 0.25) is 0 Å². The monoisotopic (exact) mass is 226 g/mol. The van der Waals surface area contributed by atoms with Crippen LogP contribution in [-0.2, 0) is 16.0 Å². The molecule has 0 spiro atoms. The van der Waals surface area contributed by atoms with Gasteiger partial charge in [-0.25, -0.2) is 0 Å². The Labute approximate surface area is 100 Å². The molecule has 0 amide bonds. The molecule has 2 nitrogen and oxygen atoms in total. The second-order valence-corrected chi connectivity index (χ2v) is 4.81. The molecule has 0 radical (unpaired) electrons. The summed E-state index contributed by atoms with van der Waals surface area (Å²) >= 11 is 0. The minimum Gasteiger partial charge on any atom is -0.303 e. The van der Waals surface area contributed by atoms with E-state index in [1.807, 2.05) is 12.1 Å². The molecule has 1 aromatic rings. The first kappa shape index (κ1) is 10.5. The summed E-state index contributed by atoms with van der Waals surface area (Å²) in [4.78, 5) is 22.6. The van der Waals surface area contributed by atoms with Gasteiger partial charge in [0, 0.05) is 18.3 Å². The van der Waals surface area contributed by atoms with Gasteiger partial charge in [-0.1, -0.05) is 29.8 Å². The minimum atomic E-state index is -0.149. The molecule has 0 bridgehead atoms. The molecule has 0 N–H and O–H groups in total. The lowest BCUT2D eigenvalue weighted by molar-refractivity contribution is -0.120. The molecule has 0 heterocycles. The van der Waals surface area contributed by atoms with Gasteiger partial charge < -0.3 is 4.79 Å². The summed E-state index contributed by atoms with van der Waals surface area (Å²) < 4.78 is 0. The smallest absolute Gasteiger partial charge is 0.160 e. The lowest BCUT2D eigenvalue weighted by atomic mass is 9.75. The van der Waals surface area contributed by atoms with Crippen molar-refractivity contribution in [3.8, 4) is 0 Å². The molecule has 17 heavy (non-hydrogen) atoms. The fourth-order valence-electron chi connectivity index (χ4n) is 3.15. The zero-order valence-electron chi connectivity index (χ0n) is 9.56. The van der Waals surface area contributed by atoms with Crippen LogP contribution in [0.5, 0.6) is 0 Å². The Hall–Kier alpha value is -1.70. The summed E-state index contributed by atoms with van der Waals surface area (Å²) in [6.45, 7) is 0. The number of carbonyl (C=O) groups excluding carboxylic acids is 2. The van der Waals surface area contributed by atoms with Crippen molar-refractivity contribution < 1.29 is 9.59 Å². The summed E-state index contributed by atoms with van der Waals surface area (Å²) in [5.74, 6) is 0.149. The van der Waals surface area contributed by atoms with Gasteiger partial charge in [0.1, 0.15) is 6.29 Å². The highest BCUT2D eigenvalue weighted by molar-refractivity contribution is 5.98. The fourth-order valence-corrected chi connectivity index (χ4v) is 3.15. The van der Waals surface area contributed by atoms with Gasteiger partial charge in [-0.2, -0.15) is 0 Å². The average Bonchev–Trinajstić information content (AvgIpc) is 2.67. The molecular weight excluding hydrogens is 212 g/mol. The molecule has 1 aromatic carbocycles. The number of aryl methyl sites for hydroxylation is 1. The molecule has 86 valence electrons. The number of ketones is 1. The van der Waals surface area contributed by atoms with Crippen molar-refractivity contribution in [3.05, 3.63) is 47.0 Å². The molecule has 0 aliphatic heterocycles. The largest absolute Gasteiger partial charge is 0.303 e. The van der Waals surface area contributed by atoms with Crippen molar-refractivity contribution in [2.75, 3.05) is 0 Å². The van der Waals surface area contributed by atoms with Gasteiger partial charge >= 0.3 is 0 Å². The van der Waals surface area contributed by atoms with E-state index in [1.54, 1.807) is 6.08 Å². The Morgan fingerprint density at radius 3 is 2.88 bits per heavy atom. The third-order valence-corrected chi connectivity index (χ3v) is 3.92. The van der Waals surface area contributed by atoms with Crippen LogP contribution < -0.4 is 0 Å². The van der Waals surface area contributed by atoms with Crippen molar-refractivity contribution in [1.82, 2.24) is 0 Å². The molecule has 2 aliphatic rings. The van der Waals surface area contributed by atoms with Gasteiger partial charge in [-0.05, 0) is 30.0 Å². The van der Waals surface area contributed by atoms with E-state index in [0.717, 1.165) is 19.1 Å². The Morgan fingerprint density at radius 1 is 1.24 bits per heavy atom. The summed E-state index contributed by atoms with van der Waals surface area (Å²) in [6, 6.07) is 8.29. The lowest BCUT2D eigenvalue weighted by Crippen LogP contribution is -2.20. The van der Waals surface area contributed by atoms with Crippen molar-refractivity contribution >= 4 is 12.1 Å². The SMILES string of the molecule is O=CCC1C(=O)C=C2CCc3ccccc3C21. The van der Waals surface area contributed by atoms with Crippen LogP contribution in [0.15, 0.2) is 35.9 Å². The first-order valence-electron chi connectivity index (χ1n) is 6.07. The summed E-state index contributed by atoms with van der Waals surface area (Å²) in [6.07, 6.45) is 4.96. The summed E-state index contributed by atoms with van der Waals surface area (Å²) in [7, 11) is 0. The van der Waals surface area contributed by atoms with E-state index in [4.69, 9.17) is 0 Å². The van der Waals surface area contributed by atoms with Crippen molar-refractivity contribution in [1.29, 1.82) is 0 Å². The maximum Gasteiger partial charge on any atom is 0.160 e. The van der Waals surface area contributed by atoms with Crippen molar-refractivity contribution in [2.24, 2.45) is 5.92 Å². The summed E-state index contributed by atoms with van der Waals surface area (Å²) in [5.41, 5.74) is 3.81. The molecular formula is C15H14O2. The van der Waals surface area contributed by atoms with Gasteiger partial charge in [0.2, 0.25) is 0 Å². The van der Waals surface area contributed by atoms with Crippen LogP contribution in [0.1, 0.15) is 29.9 Å². The Morgan fingerprint density at radius 2 is 2.06 bits per heavy atom. The maximum atomic E-state index is 11.9. The second-order valence-electron chi connectivity index (χ2n) is 4.81. The van der Waals surface area contributed by atoms with Gasteiger partial charge in [-0.3, -0.25) is 4.79 Å². The first-order valence-corrected chi connectivity index (χ1v) is 6.07. The standard InChI is InChI=1S/C15H14O2/c16-8-7-13-14(17)9-11-6-5-10-3-1-2-4-12(10)15(11)13/h1-4,8-9,13,15H,5-7H2. The molecule has 0 fully saturated rings. The quantitative estimate of drug-likeness (QED) is 0.726. The van der Waals surface area contributed by atoms with E-state index in [1.165, 1.54) is 16.7 Å². The zero-order valence-corrected chi connectivity index (χ0v) is 9.56. The van der Waals surface area contributed by atoms with E-state index < -0.39 is 0 Å². The average molecular weight is 226 g/mol. The van der Waals surface area contributed by atoms with Crippen molar-refractivity contribution in [3.63, 3.8) is 0 Å². The predicted molar refractivity (Wildman–Crippen MR) is 64.8 cm³/mol. The molecule has 2 atom stereocenters. The summed E-state index contributed by atoms with van der Waals surface area (Å²) in [5, 5.41) is 0. The number of benzene rings is 1. The van der Waals surface area contributed by atoms with E-state index in [9.17, 15) is 9.59 Å². The van der Waals surface area contributed by atoms with Crippen LogP contribution in [0.3, 0.4) is 0 Å². The second kappa shape index (κ2) is 3.95. The van der Waals surface area contributed by atoms with E-state index >= 15 is 0 Å². The van der Waals surface area contributed by atoms with Crippen molar-refractivity contribution in [2.45, 2.75) is 25.2 Å². The van der Waals surface area contributed by atoms with E-state index in [0.29, 0.717) is 6.42 Å². The maximum absolute atomic E-state index is 11.9. The van der Waals surface area contributed by atoms with Crippen LogP contribution in [0.4, 0.5) is 0 Å². The Kier molecular flexibility index (Phi) is 2.43. The number of hydrogen-bond donors (Lipinski definition) is 0. The number of carbonyl (C=O) groups is 2. The van der Waals surface area contributed by atoms with Gasteiger partial charge in [-0.15, -0.1) is 0 Å². The van der Waals surface area contributed by atoms with E-state index in [2.05, 4.69) is 12.1 Å². The van der Waals surface area contributed by atoms with E-state index in [-0.39, 0.29) is 17.6 Å². The zero-order chi connectivity index (χ0) is 11.8. The van der Waals surface area contributed by atoms with Crippen LogP contribution in [0, 0.1) is 5.92 Å². The number of aldehydes is 1. The Balaban J connectivity index is 2.07. The third-order valence-electron chi connectivity index (χ3n) is 3.92. The van der Waals surface area contributed by atoms with Crippen LogP contribution in [0.25, 0.3) is 0 Å². The molecule has 2 heteroatoms. The number of allylic oxidation sites excluding steroid dienone is 2. The molecule has 3 rings (SSSR count). The highest BCUT2D eigenvalue weighted by Crippen LogP contribution is 2.45. The minimum absolute atomic E-state index is 0.133. The van der Waals surface area contributed by atoms with Gasteiger partial charge in [0.25, 0.3) is 0 Å². The number of fused-ring (bicyclic) bond motifs is 3. The molecule has 0 saturated carbocycles. The lowest BCUT2D eigenvalue weighted by Gasteiger charge is -2.28. The first-order chi connectivity index (χ1) is 8.31. The van der Waals surface area contributed by atoms with Gasteiger partial charge in [0.05, 0.1) is 0 Å². The van der Waals surface area contributed by atoms with Crippen LogP contribution in [-0.4, -0.2) is 12.1 Å². The molecule has 2 aliphatic carbocycles. The molecule has 0 saturated heterocycles. The number of rotatable bonds is 2. The normalized spacial score (nSPS) is 26.1. The van der Waals surface area contributed by atoms with Gasteiger partial charge in [0.15, 0.2) is 5.78 Å².